The molecule has 128 valence electrons. The predicted octanol–water partition coefficient (Wildman–Crippen LogP) is 1.36. The Bertz CT molecular complexity index is 490. The first kappa shape index (κ1) is 16.9. The molecule has 0 spiro atoms. The Morgan fingerprint density at radius 2 is 1.87 bits per heavy atom. The molecule has 0 N–H and O–H groups in total. The molecule has 1 atom stereocenters. The lowest BCUT2D eigenvalue weighted by atomic mass is 10.2. The average Bonchev–Trinajstić information content (AvgIpc) is 2.57. The summed E-state index contributed by atoms with van der Waals surface area (Å²) in [5.74, 6) is 0.772. The number of anilines is 1. The van der Waals surface area contributed by atoms with E-state index in [1.165, 1.54) is 0 Å². The van der Waals surface area contributed by atoms with Gasteiger partial charge in [0.2, 0.25) is 5.95 Å². The highest BCUT2D eigenvalue weighted by Crippen LogP contribution is 2.15. The Morgan fingerprint density at radius 3 is 2.52 bits per heavy atom. The maximum atomic E-state index is 5.95. The lowest BCUT2D eigenvalue weighted by Gasteiger charge is -2.40. The second-order valence-corrected chi connectivity index (χ2v) is 7.01. The molecule has 6 nitrogen and oxygen atoms in total. The summed E-state index contributed by atoms with van der Waals surface area (Å²) >= 11 is 5.85. The SMILES string of the molecule is CC(C)N1CCOC(CN2CCN(c3ncc(Cl)cn3)CC2)C1. The van der Waals surface area contributed by atoms with Crippen LogP contribution in [0.3, 0.4) is 0 Å². The molecule has 2 fully saturated rings. The van der Waals surface area contributed by atoms with Gasteiger partial charge in [0.25, 0.3) is 0 Å². The summed E-state index contributed by atoms with van der Waals surface area (Å²) in [4.78, 5) is 15.8. The van der Waals surface area contributed by atoms with Crippen LogP contribution in [0.5, 0.6) is 0 Å². The Morgan fingerprint density at radius 1 is 1.17 bits per heavy atom. The van der Waals surface area contributed by atoms with Crippen molar-refractivity contribution in [1.29, 1.82) is 0 Å². The van der Waals surface area contributed by atoms with Gasteiger partial charge >= 0.3 is 0 Å². The van der Waals surface area contributed by atoms with Gasteiger partial charge in [0, 0.05) is 51.9 Å². The van der Waals surface area contributed by atoms with Gasteiger partial charge in [0.1, 0.15) is 0 Å². The fourth-order valence-electron chi connectivity index (χ4n) is 3.21. The summed E-state index contributed by atoms with van der Waals surface area (Å²) in [6, 6.07) is 0.598. The van der Waals surface area contributed by atoms with Crippen LogP contribution in [-0.4, -0.2) is 84.3 Å². The van der Waals surface area contributed by atoms with Crippen molar-refractivity contribution < 1.29 is 4.74 Å². The van der Waals surface area contributed by atoms with Gasteiger partial charge in [-0.05, 0) is 13.8 Å². The fraction of sp³-hybridized carbons (Fsp3) is 0.750. The number of morpholine rings is 1. The molecule has 3 rings (SSSR count). The van der Waals surface area contributed by atoms with Crippen LogP contribution in [0.25, 0.3) is 0 Å². The van der Waals surface area contributed by atoms with E-state index in [0.29, 0.717) is 17.2 Å². The number of nitrogens with zero attached hydrogens (tertiary/aromatic N) is 5. The van der Waals surface area contributed by atoms with E-state index in [0.717, 1.165) is 58.4 Å². The van der Waals surface area contributed by atoms with Crippen molar-refractivity contribution in [2.75, 3.05) is 57.3 Å². The quantitative estimate of drug-likeness (QED) is 0.825. The van der Waals surface area contributed by atoms with Gasteiger partial charge in [0.15, 0.2) is 0 Å². The van der Waals surface area contributed by atoms with E-state index in [1.807, 2.05) is 0 Å². The number of aromatic nitrogens is 2. The molecular formula is C16H26ClN5O. The van der Waals surface area contributed by atoms with Crippen LogP contribution in [0.2, 0.25) is 5.02 Å². The fourth-order valence-corrected chi connectivity index (χ4v) is 3.31. The van der Waals surface area contributed by atoms with Crippen LogP contribution in [0.1, 0.15) is 13.8 Å². The highest BCUT2D eigenvalue weighted by molar-refractivity contribution is 6.30. The van der Waals surface area contributed by atoms with E-state index >= 15 is 0 Å². The Hall–Kier alpha value is -0.950. The van der Waals surface area contributed by atoms with Crippen LogP contribution in [0.4, 0.5) is 5.95 Å². The molecule has 2 aliphatic rings. The minimum atomic E-state index is 0.324. The molecule has 1 aromatic heterocycles. The Balaban J connectivity index is 1.46. The minimum Gasteiger partial charge on any atom is -0.374 e. The average molecular weight is 340 g/mol. The van der Waals surface area contributed by atoms with E-state index in [9.17, 15) is 0 Å². The summed E-state index contributed by atoms with van der Waals surface area (Å²) in [7, 11) is 0. The molecule has 7 heteroatoms. The van der Waals surface area contributed by atoms with E-state index < -0.39 is 0 Å². The first-order chi connectivity index (χ1) is 11.1. The van der Waals surface area contributed by atoms with E-state index in [1.54, 1.807) is 12.4 Å². The number of hydrogen-bond acceptors (Lipinski definition) is 6. The zero-order chi connectivity index (χ0) is 16.2. The van der Waals surface area contributed by atoms with Gasteiger partial charge < -0.3 is 9.64 Å². The van der Waals surface area contributed by atoms with Crippen molar-refractivity contribution >= 4 is 17.5 Å². The third kappa shape index (κ3) is 4.53. The second-order valence-electron chi connectivity index (χ2n) is 6.57. The molecule has 2 aliphatic heterocycles. The summed E-state index contributed by atoms with van der Waals surface area (Å²) in [5, 5.41) is 0.580. The van der Waals surface area contributed by atoms with E-state index in [2.05, 4.69) is 38.5 Å². The van der Waals surface area contributed by atoms with Gasteiger partial charge in [0.05, 0.1) is 30.1 Å². The van der Waals surface area contributed by atoms with Gasteiger partial charge in [-0.25, -0.2) is 9.97 Å². The van der Waals surface area contributed by atoms with Crippen LogP contribution in [0, 0.1) is 0 Å². The molecule has 3 heterocycles. The van der Waals surface area contributed by atoms with Gasteiger partial charge in [-0.15, -0.1) is 0 Å². The monoisotopic (exact) mass is 339 g/mol. The maximum absolute atomic E-state index is 5.95. The molecule has 23 heavy (non-hydrogen) atoms. The third-order valence-electron chi connectivity index (χ3n) is 4.62. The first-order valence-corrected chi connectivity index (χ1v) is 8.80. The molecule has 0 aromatic carbocycles. The Labute approximate surface area is 143 Å². The van der Waals surface area contributed by atoms with E-state index in [-0.39, 0.29) is 0 Å². The van der Waals surface area contributed by atoms with Crippen LogP contribution >= 0.6 is 11.6 Å². The summed E-state index contributed by atoms with van der Waals surface area (Å²) in [5.41, 5.74) is 0. The zero-order valence-electron chi connectivity index (χ0n) is 14.0. The van der Waals surface area contributed by atoms with Crippen LogP contribution < -0.4 is 4.90 Å². The van der Waals surface area contributed by atoms with Crippen molar-refractivity contribution in [3.05, 3.63) is 17.4 Å². The topological polar surface area (TPSA) is 44.7 Å². The van der Waals surface area contributed by atoms with Crippen molar-refractivity contribution in [3.63, 3.8) is 0 Å². The molecule has 0 saturated carbocycles. The number of piperazine rings is 1. The number of halogens is 1. The minimum absolute atomic E-state index is 0.324. The van der Waals surface area contributed by atoms with Crippen molar-refractivity contribution in [2.24, 2.45) is 0 Å². The molecule has 2 saturated heterocycles. The molecule has 0 radical (unpaired) electrons. The lowest BCUT2D eigenvalue weighted by Crippen LogP contribution is -2.53. The van der Waals surface area contributed by atoms with E-state index in [4.69, 9.17) is 16.3 Å². The van der Waals surface area contributed by atoms with Crippen molar-refractivity contribution in [1.82, 2.24) is 19.8 Å². The zero-order valence-corrected chi connectivity index (χ0v) is 14.7. The standard InChI is InChI=1S/C16H26ClN5O/c1-13(2)22-7-8-23-15(12-22)11-20-3-5-21(6-4-20)16-18-9-14(17)10-19-16/h9-10,13,15H,3-8,11-12H2,1-2H3. The third-order valence-corrected chi connectivity index (χ3v) is 4.82. The highest BCUT2D eigenvalue weighted by atomic mass is 35.5. The normalized spacial score (nSPS) is 24.3. The predicted molar refractivity (Wildman–Crippen MR) is 92.1 cm³/mol. The Kier molecular flexibility index (Phi) is 5.69. The number of rotatable bonds is 4. The molecule has 0 aliphatic carbocycles. The lowest BCUT2D eigenvalue weighted by molar-refractivity contribution is -0.0525. The highest BCUT2D eigenvalue weighted by Gasteiger charge is 2.26. The van der Waals surface area contributed by atoms with Gasteiger partial charge in [-0.3, -0.25) is 9.80 Å². The molecule has 0 bridgehead atoms. The largest absolute Gasteiger partial charge is 0.374 e. The summed E-state index contributed by atoms with van der Waals surface area (Å²) < 4.78 is 5.95. The number of ether oxygens (including phenoxy) is 1. The van der Waals surface area contributed by atoms with Crippen molar-refractivity contribution in [2.45, 2.75) is 26.0 Å². The van der Waals surface area contributed by atoms with Gasteiger partial charge in [-0.1, -0.05) is 11.6 Å². The van der Waals surface area contributed by atoms with Gasteiger partial charge in [-0.2, -0.15) is 0 Å². The number of hydrogen-bond donors (Lipinski definition) is 0. The molecule has 1 aromatic rings. The summed E-state index contributed by atoms with van der Waals surface area (Å²) in [6.45, 7) is 12.4. The first-order valence-electron chi connectivity index (χ1n) is 8.42. The van der Waals surface area contributed by atoms with Crippen LogP contribution in [-0.2, 0) is 4.74 Å². The maximum Gasteiger partial charge on any atom is 0.225 e. The molecule has 1 unspecified atom stereocenters. The molecular weight excluding hydrogens is 314 g/mol. The summed E-state index contributed by atoms with van der Waals surface area (Å²) in [6.07, 6.45) is 3.64. The van der Waals surface area contributed by atoms with Crippen LogP contribution in [0.15, 0.2) is 12.4 Å². The van der Waals surface area contributed by atoms with Crippen molar-refractivity contribution in [3.8, 4) is 0 Å². The smallest absolute Gasteiger partial charge is 0.225 e. The second kappa shape index (κ2) is 7.75. The molecule has 0 amide bonds.